The number of rotatable bonds is 10. The van der Waals surface area contributed by atoms with Crippen molar-refractivity contribution >= 4 is 23.9 Å². The number of aromatic carboxylic acids is 4. The van der Waals surface area contributed by atoms with E-state index in [1.54, 1.807) is 0 Å². The first-order valence-corrected chi connectivity index (χ1v) is 9.58. The lowest BCUT2D eigenvalue weighted by atomic mass is 9.87. The summed E-state index contributed by atoms with van der Waals surface area (Å²) in [5, 5.41) is 35.5. The van der Waals surface area contributed by atoms with Crippen LogP contribution < -0.4 is 0 Å². The van der Waals surface area contributed by atoms with Crippen LogP contribution in [0.5, 0.6) is 0 Å². The van der Waals surface area contributed by atoms with Crippen LogP contribution in [0.15, 0.2) is 36.4 Å². The van der Waals surface area contributed by atoms with Crippen LogP contribution in [-0.2, 0) is 11.8 Å². The van der Waals surface area contributed by atoms with Crippen molar-refractivity contribution in [2.45, 2.75) is 29.6 Å². The quantitative estimate of drug-likeness (QED) is 0.278. The average molecular weight is 580 g/mol. The van der Waals surface area contributed by atoms with Crippen molar-refractivity contribution in [3.63, 3.8) is 0 Å². The number of benzene rings is 2. The molecule has 2 aromatic rings. The Morgan fingerprint density at radius 1 is 0.436 bits per heavy atom. The van der Waals surface area contributed by atoms with E-state index in [1.807, 2.05) is 0 Å². The van der Waals surface area contributed by atoms with Crippen molar-refractivity contribution in [2.24, 2.45) is 0 Å². The number of carboxylic acids is 4. The molecule has 2 rings (SSSR count). The highest BCUT2D eigenvalue weighted by Crippen LogP contribution is 2.61. The first kappa shape index (κ1) is 30.8. The van der Waals surface area contributed by atoms with Gasteiger partial charge in [-0.1, -0.05) is 12.1 Å². The Kier molecular flexibility index (Phi) is 7.45. The number of carboxylic acid groups (broad SMARTS) is 4. The van der Waals surface area contributed by atoms with E-state index >= 15 is 0 Å². The van der Waals surface area contributed by atoms with Gasteiger partial charge in [-0.05, 0) is 24.3 Å². The average Bonchev–Trinajstić information content (AvgIpc) is 2.82. The molecule has 0 saturated carbocycles. The Morgan fingerprint density at radius 2 is 0.692 bits per heavy atom. The van der Waals surface area contributed by atoms with Gasteiger partial charge in [-0.15, -0.1) is 0 Å². The molecule has 0 heterocycles. The topological polar surface area (TPSA) is 149 Å². The van der Waals surface area contributed by atoms with E-state index in [1.165, 1.54) is 0 Å². The van der Waals surface area contributed by atoms with E-state index in [-0.39, 0.29) is 24.3 Å². The van der Waals surface area contributed by atoms with Gasteiger partial charge >= 0.3 is 53.5 Å². The number of alkyl halides is 10. The summed E-state index contributed by atoms with van der Waals surface area (Å²) < 4.78 is 145. The Morgan fingerprint density at radius 3 is 0.923 bits per heavy atom. The van der Waals surface area contributed by atoms with Gasteiger partial charge in [-0.2, -0.15) is 43.9 Å². The second kappa shape index (κ2) is 9.42. The Hall–Kier alpha value is -4.38. The maximum absolute atomic E-state index is 14.5. The first-order valence-electron chi connectivity index (χ1n) is 9.58. The second-order valence-corrected chi connectivity index (χ2v) is 7.61. The van der Waals surface area contributed by atoms with Gasteiger partial charge in [0.2, 0.25) is 0 Å². The summed E-state index contributed by atoms with van der Waals surface area (Å²) in [6, 6.07) is -1.91. The molecule has 39 heavy (non-hydrogen) atoms. The maximum Gasteiger partial charge on any atom is 0.385 e. The van der Waals surface area contributed by atoms with Crippen molar-refractivity contribution in [1.29, 1.82) is 0 Å². The van der Waals surface area contributed by atoms with Crippen LogP contribution in [0.4, 0.5) is 43.9 Å². The largest absolute Gasteiger partial charge is 0.478 e. The van der Waals surface area contributed by atoms with E-state index in [4.69, 9.17) is 20.4 Å². The van der Waals surface area contributed by atoms with Crippen molar-refractivity contribution in [1.82, 2.24) is 0 Å². The van der Waals surface area contributed by atoms with Crippen LogP contribution >= 0.6 is 0 Å². The zero-order valence-corrected chi connectivity index (χ0v) is 18.2. The molecule has 0 unspecified atom stereocenters. The molecule has 212 valence electrons. The molecular weight excluding hydrogens is 570 g/mol. The smallest absolute Gasteiger partial charge is 0.385 e. The minimum absolute atomic E-state index is 0.0621. The minimum Gasteiger partial charge on any atom is -0.478 e. The van der Waals surface area contributed by atoms with Crippen molar-refractivity contribution in [3.8, 4) is 0 Å². The molecule has 0 amide bonds. The fourth-order valence-corrected chi connectivity index (χ4v) is 3.16. The zero-order valence-electron chi connectivity index (χ0n) is 18.2. The third kappa shape index (κ3) is 4.59. The lowest BCUT2D eigenvalue weighted by molar-refractivity contribution is -0.407. The highest BCUT2D eigenvalue weighted by molar-refractivity contribution is 6.02. The molecule has 0 bridgehead atoms. The molecule has 0 aliphatic rings. The maximum atomic E-state index is 14.5. The molecule has 0 aromatic heterocycles. The van der Waals surface area contributed by atoms with Gasteiger partial charge in [0.25, 0.3) is 0 Å². The van der Waals surface area contributed by atoms with E-state index in [2.05, 4.69) is 0 Å². The molecule has 0 spiro atoms. The summed E-state index contributed by atoms with van der Waals surface area (Å²) in [7, 11) is 0. The van der Waals surface area contributed by atoms with Crippen molar-refractivity contribution in [2.75, 3.05) is 0 Å². The Bertz CT molecular complexity index is 1270. The van der Waals surface area contributed by atoms with E-state index in [0.717, 1.165) is 0 Å². The monoisotopic (exact) mass is 580 g/mol. The second-order valence-electron chi connectivity index (χ2n) is 7.61. The van der Waals surface area contributed by atoms with Gasteiger partial charge in [0, 0.05) is 11.1 Å². The summed E-state index contributed by atoms with van der Waals surface area (Å²) in [4.78, 5) is 44.1. The molecular formula is C21H10F10O8. The fourth-order valence-electron chi connectivity index (χ4n) is 3.16. The molecule has 0 aliphatic heterocycles. The van der Waals surface area contributed by atoms with Crippen LogP contribution in [0.25, 0.3) is 0 Å². The summed E-state index contributed by atoms with van der Waals surface area (Å²) in [6.45, 7) is 0. The van der Waals surface area contributed by atoms with Crippen molar-refractivity contribution < 1.29 is 83.5 Å². The van der Waals surface area contributed by atoms with Crippen LogP contribution in [0.2, 0.25) is 0 Å². The van der Waals surface area contributed by atoms with Gasteiger partial charge in [-0.25, -0.2) is 19.2 Å². The fraction of sp³-hybridized carbons (Fsp3) is 0.238. The number of halogens is 10. The molecule has 0 radical (unpaired) electrons. The lowest BCUT2D eigenvalue weighted by Gasteiger charge is -2.39. The number of carbonyl (C=O) groups is 4. The Labute approximate surface area is 207 Å². The molecule has 0 atom stereocenters. The van der Waals surface area contributed by atoms with Crippen molar-refractivity contribution in [3.05, 3.63) is 69.8 Å². The standard InChI is InChI=1S/C21H10F10O8/c22-17(23,7-1-3-9(13(32)33)11(5-7)15(36)37)19(26,27)21(30,31)20(28,29)18(24,25)8-2-4-10(14(34)35)12(6-8)16(38)39/h1-6H,(H,32,33)(H,34,35)(H,36,37)(H,38,39). The molecule has 18 heteroatoms. The predicted molar refractivity (Wildman–Crippen MR) is 103 cm³/mol. The summed E-state index contributed by atoms with van der Waals surface area (Å²) in [6.07, 6.45) is 0. The van der Waals surface area contributed by atoms with Gasteiger partial charge in [0.1, 0.15) is 0 Å². The SMILES string of the molecule is O=C(O)c1ccc(C(F)(F)C(F)(F)C(F)(F)C(F)(F)C(F)(F)c2ccc(C(=O)O)c(C(=O)O)c2)cc1C(=O)O. The lowest BCUT2D eigenvalue weighted by Crippen LogP contribution is -2.65. The Balaban J connectivity index is 2.72. The van der Waals surface area contributed by atoms with Crippen LogP contribution in [-0.4, -0.2) is 62.1 Å². The summed E-state index contributed by atoms with van der Waals surface area (Å²) in [5.74, 6) is -44.6. The van der Waals surface area contributed by atoms with E-state index < -0.39 is 99.0 Å². The summed E-state index contributed by atoms with van der Waals surface area (Å²) in [5.41, 5.74) is -10.9. The third-order valence-electron chi connectivity index (χ3n) is 5.26. The highest BCUT2D eigenvalue weighted by atomic mass is 19.4. The molecule has 0 fully saturated rings. The van der Waals surface area contributed by atoms with E-state index in [0.29, 0.717) is 0 Å². The van der Waals surface area contributed by atoms with Gasteiger partial charge in [0.15, 0.2) is 0 Å². The molecule has 2 aromatic carbocycles. The predicted octanol–water partition coefficient (Wildman–Crippen LogP) is 5.27. The number of hydrogen-bond acceptors (Lipinski definition) is 4. The highest BCUT2D eigenvalue weighted by Gasteiger charge is 2.86. The molecule has 4 N–H and O–H groups in total. The van der Waals surface area contributed by atoms with E-state index in [9.17, 15) is 63.1 Å². The van der Waals surface area contributed by atoms with Crippen LogP contribution in [0, 0.1) is 0 Å². The zero-order chi connectivity index (χ0) is 30.5. The van der Waals surface area contributed by atoms with Crippen LogP contribution in [0.3, 0.4) is 0 Å². The third-order valence-corrected chi connectivity index (χ3v) is 5.26. The molecule has 0 saturated heterocycles. The number of hydrogen-bond donors (Lipinski definition) is 4. The van der Waals surface area contributed by atoms with Gasteiger partial charge in [0.05, 0.1) is 22.3 Å². The normalized spacial score (nSPS) is 13.2. The van der Waals surface area contributed by atoms with Gasteiger partial charge < -0.3 is 20.4 Å². The molecule has 0 aliphatic carbocycles. The first-order chi connectivity index (χ1) is 17.5. The molecule has 8 nitrogen and oxygen atoms in total. The summed E-state index contributed by atoms with van der Waals surface area (Å²) >= 11 is 0. The van der Waals surface area contributed by atoms with Gasteiger partial charge in [-0.3, -0.25) is 0 Å². The van der Waals surface area contributed by atoms with Crippen LogP contribution in [0.1, 0.15) is 52.6 Å². The minimum atomic E-state index is -7.68.